The van der Waals surface area contributed by atoms with Crippen LogP contribution in [0, 0.1) is 23.2 Å². The Bertz CT molecular complexity index is 1320. The highest BCUT2D eigenvalue weighted by molar-refractivity contribution is 5.75. The van der Waals surface area contributed by atoms with Gasteiger partial charge in [-0.15, -0.1) is 5.92 Å². The maximum atomic E-state index is 13.3. The third kappa shape index (κ3) is 3.84. The van der Waals surface area contributed by atoms with Crippen molar-refractivity contribution < 1.29 is 9.47 Å². The molecular weight excluding hydrogens is 410 g/mol. The average Bonchev–Trinajstić information content (AvgIpc) is 3.20. The van der Waals surface area contributed by atoms with Crippen molar-refractivity contribution in [1.29, 1.82) is 5.26 Å². The second-order valence-electron chi connectivity index (χ2n) is 7.17. The summed E-state index contributed by atoms with van der Waals surface area (Å²) < 4.78 is 14.4. The molecule has 0 radical (unpaired) electrons. The third-order valence-electron chi connectivity index (χ3n) is 5.23. The van der Waals surface area contributed by atoms with Crippen molar-refractivity contribution in [3.05, 3.63) is 34.1 Å². The Morgan fingerprint density at radius 2 is 2.00 bits per heavy atom. The first-order chi connectivity index (χ1) is 15.6. The number of fused-ring (bicyclic) bond motifs is 1. The van der Waals surface area contributed by atoms with E-state index in [9.17, 15) is 4.79 Å². The summed E-state index contributed by atoms with van der Waals surface area (Å²) in [5, 5.41) is 12.4. The number of ether oxygens (including phenoxy) is 2. The first kappa shape index (κ1) is 21.2. The molecule has 10 nitrogen and oxygen atoms in total. The van der Waals surface area contributed by atoms with Crippen molar-refractivity contribution in [3.63, 3.8) is 0 Å². The van der Waals surface area contributed by atoms with Gasteiger partial charge in [-0.1, -0.05) is 5.92 Å². The summed E-state index contributed by atoms with van der Waals surface area (Å²) in [5.41, 5.74) is 0.817. The van der Waals surface area contributed by atoms with E-state index in [0.717, 1.165) is 26.2 Å². The maximum absolute atomic E-state index is 13.3. The van der Waals surface area contributed by atoms with E-state index in [1.54, 1.807) is 32.2 Å². The number of rotatable bonds is 5. The molecule has 1 aliphatic rings. The largest absolute Gasteiger partial charge is 0.493 e. The molecule has 0 unspecified atom stereocenters. The van der Waals surface area contributed by atoms with Gasteiger partial charge in [0.25, 0.3) is 5.56 Å². The quantitative estimate of drug-likeness (QED) is 0.599. The molecule has 3 heterocycles. The number of benzene rings is 1. The van der Waals surface area contributed by atoms with Crippen molar-refractivity contribution in [1.82, 2.24) is 24.4 Å². The Morgan fingerprint density at radius 1 is 1.22 bits per heavy atom. The Balaban J connectivity index is 1.83. The highest BCUT2D eigenvalue weighted by Crippen LogP contribution is 2.31. The lowest BCUT2D eigenvalue weighted by atomic mass is 10.2. The lowest BCUT2D eigenvalue weighted by molar-refractivity contribution is 0.359. The predicted octanol–water partition coefficient (Wildman–Crippen LogP) is 1.24. The fourth-order valence-electron chi connectivity index (χ4n) is 3.55. The van der Waals surface area contributed by atoms with E-state index in [2.05, 4.69) is 38.1 Å². The van der Waals surface area contributed by atoms with E-state index in [-0.39, 0.29) is 11.6 Å². The number of aromatic nitrogens is 4. The smallest absolute Gasteiger partial charge is 0.306 e. The minimum absolute atomic E-state index is 0.0728. The van der Waals surface area contributed by atoms with Crippen LogP contribution in [0.2, 0.25) is 0 Å². The number of anilines is 1. The lowest BCUT2D eigenvalue weighted by Gasteiger charge is -2.28. The molecule has 1 aromatic carbocycles. The van der Waals surface area contributed by atoms with Crippen LogP contribution in [0.4, 0.5) is 5.95 Å². The molecule has 4 rings (SSSR count). The van der Waals surface area contributed by atoms with Crippen molar-refractivity contribution >= 4 is 17.1 Å². The van der Waals surface area contributed by atoms with Gasteiger partial charge in [-0.25, -0.2) is 0 Å². The second kappa shape index (κ2) is 9.00. The van der Waals surface area contributed by atoms with Crippen molar-refractivity contribution in [2.75, 3.05) is 38.2 Å². The number of piperazine rings is 1. The van der Waals surface area contributed by atoms with Crippen LogP contribution in [0.1, 0.15) is 12.5 Å². The van der Waals surface area contributed by atoms with Gasteiger partial charge < -0.3 is 19.7 Å². The van der Waals surface area contributed by atoms with E-state index >= 15 is 0 Å². The van der Waals surface area contributed by atoms with Gasteiger partial charge in [0, 0.05) is 39.3 Å². The molecule has 0 spiro atoms. The van der Waals surface area contributed by atoms with E-state index in [4.69, 9.17) is 14.7 Å². The van der Waals surface area contributed by atoms with E-state index in [1.165, 1.54) is 11.7 Å². The normalized spacial score (nSPS) is 13.4. The topological polar surface area (TPSA) is 110 Å². The number of nitriles is 1. The molecule has 0 saturated carbocycles. The fourth-order valence-corrected chi connectivity index (χ4v) is 3.55. The van der Waals surface area contributed by atoms with Crippen LogP contribution >= 0.6 is 0 Å². The zero-order valence-electron chi connectivity index (χ0n) is 18.2. The summed E-state index contributed by atoms with van der Waals surface area (Å²) in [7, 11) is 3.07. The van der Waals surface area contributed by atoms with Gasteiger partial charge >= 0.3 is 6.01 Å². The van der Waals surface area contributed by atoms with Crippen molar-refractivity contribution in [2.45, 2.75) is 13.5 Å². The molecule has 1 saturated heterocycles. The van der Waals surface area contributed by atoms with Gasteiger partial charge in [-0.05, 0) is 19.1 Å². The molecule has 1 aliphatic heterocycles. The van der Waals surface area contributed by atoms with Crippen molar-refractivity contribution in [2.24, 2.45) is 7.05 Å². The highest BCUT2D eigenvalue weighted by atomic mass is 16.5. The molecule has 164 valence electrons. The molecule has 0 bridgehead atoms. The molecule has 3 aromatic rings. The van der Waals surface area contributed by atoms with Gasteiger partial charge in [0.05, 0.1) is 25.3 Å². The molecule has 0 amide bonds. The summed E-state index contributed by atoms with van der Waals surface area (Å²) in [4.78, 5) is 24.6. The first-order valence-electron chi connectivity index (χ1n) is 10.2. The molecule has 32 heavy (non-hydrogen) atoms. The zero-order valence-corrected chi connectivity index (χ0v) is 18.2. The second-order valence-corrected chi connectivity index (χ2v) is 7.17. The number of imidazole rings is 1. The SMILES string of the molecule is CC#CCn1c(N2CCNCC2)nc2nc(Oc3ccc(C#N)cc3OC)n(C)c(=O)c21. The molecule has 10 heteroatoms. The van der Waals surface area contributed by atoms with Gasteiger partial charge in [0.2, 0.25) is 5.95 Å². The van der Waals surface area contributed by atoms with E-state index in [0.29, 0.717) is 40.7 Å². The number of methoxy groups -OCH3 is 1. The van der Waals surface area contributed by atoms with Crippen molar-refractivity contribution in [3.8, 4) is 35.4 Å². The lowest BCUT2D eigenvalue weighted by Crippen LogP contribution is -2.44. The standard InChI is InChI=1S/C22H23N7O3/c1-4-5-10-29-18-19(25-21(29)28-11-8-24-9-12-28)26-22(27(2)20(18)30)32-16-7-6-15(14-23)13-17(16)31-3/h6-7,13,24H,8-12H2,1-3H3. The van der Waals surface area contributed by atoms with Crippen LogP contribution < -0.4 is 25.2 Å². The minimum atomic E-state index is -0.288. The van der Waals surface area contributed by atoms with Crippen LogP contribution in [0.5, 0.6) is 17.5 Å². The third-order valence-corrected chi connectivity index (χ3v) is 5.23. The number of nitrogens with one attached hydrogen (secondary N) is 1. The molecule has 0 atom stereocenters. The van der Waals surface area contributed by atoms with Gasteiger partial charge in [0.1, 0.15) is 0 Å². The maximum Gasteiger partial charge on any atom is 0.306 e. The summed E-state index contributed by atoms with van der Waals surface area (Å²) >= 11 is 0. The van der Waals surface area contributed by atoms with Gasteiger partial charge in [0.15, 0.2) is 22.7 Å². The van der Waals surface area contributed by atoms with Crippen LogP contribution in [-0.4, -0.2) is 52.4 Å². The highest BCUT2D eigenvalue weighted by Gasteiger charge is 2.23. The van der Waals surface area contributed by atoms with E-state index in [1.807, 2.05) is 4.57 Å². The Morgan fingerprint density at radius 3 is 2.69 bits per heavy atom. The fraction of sp³-hybridized carbons (Fsp3) is 0.364. The monoisotopic (exact) mass is 433 g/mol. The van der Waals surface area contributed by atoms with E-state index < -0.39 is 0 Å². The zero-order chi connectivity index (χ0) is 22.7. The Kier molecular flexibility index (Phi) is 5.97. The molecular formula is C22H23N7O3. The molecule has 2 aromatic heterocycles. The predicted molar refractivity (Wildman–Crippen MR) is 119 cm³/mol. The molecule has 1 N–H and O–H groups in total. The number of hydrogen-bond acceptors (Lipinski definition) is 8. The molecule has 1 fully saturated rings. The summed E-state index contributed by atoms with van der Waals surface area (Å²) in [6.07, 6.45) is 0. The van der Waals surface area contributed by atoms with Crippen LogP contribution in [0.3, 0.4) is 0 Å². The van der Waals surface area contributed by atoms with Gasteiger partial charge in [-0.2, -0.15) is 15.2 Å². The average molecular weight is 433 g/mol. The Labute approximate surface area is 185 Å². The number of hydrogen-bond donors (Lipinski definition) is 1. The van der Waals surface area contributed by atoms with Crippen LogP contribution in [0.25, 0.3) is 11.2 Å². The van der Waals surface area contributed by atoms with Gasteiger partial charge in [-0.3, -0.25) is 13.9 Å². The summed E-state index contributed by atoms with van der Waals surface area (Å²) in [6.45, 7) is 5.32. The summed E-state index contributed by atoms with van der Waals surface area (Å²) in [6, 6.07) is 6.90. The summed E-state index contributed by atoms with van der Waals surface area (Å²) in [5.74, 6) is 7.28. The minimum Gasteiger partial charge on any atom is -0.493 e. The van der Waals surface area contributed by atoms with Crippen LogP contribution in [0.15, 0.2) is 23.0 Å². The Hall–Kier alpha value is -4.02. The first-order valence-corrected chi connectivity index (χ1v) is 10.2. The molecule has 0 aliphatic carbocycles. The van der Waals surface area contributed by atoms with Crippen LogP contribution in [-0.2, 0) is 13.6 Å². The number of nitrogens with zero attached hydrogens (tertiary/aromatic N) is 6.